The van der Waals surface area contributed by atoms with Crippen molar-refractivity contribution in [2.45, 2.75) is 6.92 Å². The molecule has 2 aromatic carbocycles. The zero-order valence-corrected chi connectivity index (χ0v) is 14.6. The maximum atomic E-state index is 13.1. The molecule has 7 heteroatoms. The number of benzene rings is 2. The lowest BCUT2D eigenvalue weighted by atomic mass is 10.2. The van der Waals surface area contributed by atoms with Gasteiger partial charge >= 0.3 is 0 Å². The number of ether oxygens (including phenoxy) is 2. The molecule has 1 heterocycles. The SMILES string of the molecule is COc1ccc(OC)c(NC(=O)c2cnn(-c3ccc(F)cc3)c2C)c1. The Kier molecular flexibility index (Phi) is 4.88. The van der Waals surface area contributed by atoms with Gasteiger partial charge in [-0.3, -0.25) is 4.79 Å². The van der Waals surface area contributed by atoms with Crippen LogP contribution in [-0.2, 0) is 0 Å². The predicted molar refractivity (Wildman–Crippen MR) is 95.8 cm³/mol. The lowest BCUT2D eigenvalue weighted by Gasteiger charge is -2.11. The number of aromatic nitrogens is 2. The van der Waals surface area contributed by atoms with Crippen molar-refractivity contribution in [2.24, 2.45) is 0 Å². The quantitative estimate of drug-likeness (QED) is 0.760. The van der Waals surface area contributed by atoms with Crippen molar-refractivity contribution < 1.29 is 18.7 Å². The van der Waals surface area contributed by atoms with E-state index in [4.69, 9.17) is 9.47 Å². The lowest BCUT2D eigenvalue weighted by molar-refractivity contribution is 0.102. The Morgan fingerprint density at radius 1 is 1.12 bits per heavy atom. The Hall–Kier alpha value is -3.35. The van der Waals surface area contributed by atoms with Gasteiger partial charge in [-0.2, -0.15) is 5.10 Å². The molecule has 0 atom stereocenters. The molecule has 1 amide bonds. The van der Waals surface area contributed by atoms with Crippen molar-refractivity contribution in [3.63, 3.8) is 0 Å². The molecular weight excluding hydrogens is 337 g/mol. The number of halogens is 1. The van der Waals surface area contributed by atoms with E-state index in [-0.39, 0.29) is 11.7 Å². The molecule has 0 fully saturated rings. The third kappa shape index (κ3) is 3.37. The highest BCUT2D eigenvalue weighted by Crippen LogP contribution is 2.29. The summed E-state index contributed by atoms with van der Waals surface area (Å²) in [6.45, 7) is 1.77. The van der Waals surface area contributed by atoms with E-state index in [0.717, 1.165) is 0 Å². The normalized spacial score (nSPS) is 10.5. The smallest absolute Gasteiger partial charge is 0.259 e. The van der Waals surface area contributed by atoms with E-state index < -0.39 is 0 Å². The summed E-state index contributed by atoms with van der Waals surface area (Å²) in [5.74, 6) is 0.451. The highest BCUT2D eigenvalue weighted by Gasteiger charge is 2.17. The minimum atomic E-state index is -0.332. The van der Waals surface area contributed by atoms with Crippen molar-refractivity contribution in [3.8, 4) is 17.2 Å². The molecule has 0 aliphatic heterocycles. The van der Waals surface area contributed by atoms with Gasteiger partial charge in [-0.25, -0.2) is 9.07 Å². The Bertz CT molecular complexity index is 936. The van der Waals surface area contributed by atoms with Crippen LogP contribution >= 0.6 is 0 Å². The van der Waals surface area contributed by atoms with Crippen LogP contribution in [0.3, 0.4) is 0 Å². The van der Waals surface area contributed by atoms with E-state index in [9.17, 15) is 9.18 Å². The van der Waals surface area contributed by atoms with Gasteiger partial charge in [0.15, 0.2) is 0 Å². The summed E-state index contributed by atoms with van der Waals surface area (Å²) in [7, 11) is 3.07. The summed E-state index contributed by atoms with van der Waals surface area (Å²) in [6.07, 6.45) is 1.47. The fourth-order valence-corrected chi connectivity index (χ4v) is 2.58. The largest absolute Gasteiger partial charge is 0.497 e. The number of nitrogens with zero attached hydrogens (tertiary/aromatic N) is 2. The second-order valence-electron chi connectivity index (χ2n) is 5.55. The van der Waals surface area contributed by atoms with Gasteiger partial charge in [-0.1, -0.05) is 0 Å². The van der Waals surface area contributed by atoms with Crippen LogP contribution in [0.15, 0.2) is 48.7 Å². The Balaban J connectivity index is 1.89. The first kappa shape index (κ1) is 17.5. The summed E-state index contributed by atoms with van der Waals surface area (Å²) in [4.78, 5) is 12.7. The summed E-state index contributed by atoms with van der Waals surface area (Å²) in [5.41, 5.74) is 2.20. The van der Waals surface area contributed by atoms with E-state index in [1.165, 1.54) is 25.4 Å². The van der Waals surface area contributed by atoms with Crippen LogP contribution in [0.5, 0.6) is 11.5 Å². The van der Waals surface area contributed by atoms with Gasteiger partial charge in [0.1, 0.15) is 17.3 Å². The zero-order chi connectivity index (χ0) is 18.7. The van der Waals surface area contributed by atoms with Crippen molar-refractivity contribution in [3.05, 3.63) is 65.7 Å². The fraction of sp³-hybridized carbons (Fsp3) is 0.158. The van der Waals surface area contributed by atoms with Gasteiger partial charge in [0.05, 0.1) is 43.0 Å². The van der Waals surface area contributed by atoms with Crippen molar-refractivity contribution in [1.29, 1.82) is 0 Å². The van der Waals surface area contributed by atoms with E-state index in [1.54, 1.807) is 49.0 Å². The Morgan fingerprint density at radius 2 is 1.85 bits per heavy atom. The number of rotatable bonds is 5. The zero-order valence-electron chi connectivity index (χ0n) is 14.6. The number of carbonyl (C=O) groups is 1. The van der Waals surface area contributed by atoms with Crippen LogP contribution in [-0.4, -0.2) is 29.9 Å². The first-order chi connectivity index (χ1) is 12.5. The molecule has 1 aromatic heterocycles. The first-order valence-corrected chi connectivity index (χ1v) is 7.87. The van der Waals surface area contributed by atoms with E-state index in [0.29, 0.717) is 34.1 Å². The maximum absolute atomic E-state index is 13.1. The third-order valence-corrected chi connectivity index (χ3v) is 3.98. The van der Waals surface area contributed by atoms with Crippen molar-refractivity contribution >= 4 is 11.6 Å². The van der Waals surface area contributed by atoms with Crippen LogP contribution < -0.4 is 14.8 Å². The maximum Gasteiger partial charge on any atom is 0.259 e. The molecule has 1 N–H and O–H groups in total. The molecule has 0 radical (unpaired) electrons. The molecule has 3 aromatic rings. The average Bonchev–Trinajstić information content (AvgIpc) is 3.04. The van der Waals surface area contributed by atoms with Gasteiger partial charge in [-0.05, 0) is 43.3 Å². The predicted octanol–water partition coefficient (Wildman–Crippen LogP) is 3.59. The second-order valence-corrected chi connectivity index (χ2v) is 5.55. The number of methoxy groups -OCH3 is 2. The molecule has 3 rings (SSSR count). The minimum Gasteiger partial charge on any atom is -0.497 e. The summed E-state index contributed by atoms with van der Waals surface area (Å²) < 4.78 is 25.1. The summed E-state index contributed by atoms with van der Waals surface area (Å²) in [6, 6.07) is 11.0. The van der Waals surface area contributed by atoms with Gasteiger partial charge in [0, 0.05) is 6.07 Å². The molecule has 134 valence electrons. The molecule has 6 nitrogen and oxygen atoms in total. The number of anilines is 1. The van der Waals surface area contributed by atoms with E-state index in [1.807, 2.05) is 0 Å². The van der Waals surface area contributed by atoms with Crippen molar-refractivity contribution in [2.75, 3.05) is 19.5 Å². The Morgan fingerprint density at radius 3 is 2.50 bits per heavy atom. The number of hydrogen-bond acceptors (Lipinski definition) is 4. The molecule has 0 saturated carbocycles. The average molecular weight is 355 g/mol. The lowest BCUT2D eigenvalue weighted by Crippen LogP contribution is -2.14. The first-order valence-electron chi connectivity index (χ1n) is 7.87. The van der Waals surface area contributed by atoms with Crippen LogP contribution in [0.2, 0.25) is 0 Å². The van der Waals surface area contributed by atoms with E-state index in [2.05, 4.69) is 10.4 Å². The molecule has 0 bridgehead atoms. The van der Waals surface area contributed by atoms with Crippen LogP contribution in [0, 0.1) is 12.7 Å². The number of nitrogens with one attached hydrogen (secondary N) is 1. The topological polar surface area (TPSA) is 65.4 Å². The minimum absolute atomic E-state index is 0.331. The van der Waals surface area contributed by atoms with E-state index >= 15 is 0 Å². The van der Waals surface area contributed by atoms with Crippen LogP contribution in [0.1, 0.15) is 16.1 Å². The number of amides is 1. The molecule has 0 spiro atoms. The molecule has 0 aliphatic carbocycles. The monoisotopic (exact) mass is 355 g/mol. The molecule has 26 heavy (non-hydrogen) atoms. The highest BCUT2D eigenvalue weighted by atomic mass is 19.1. The van der Waals surface area contributed by atoms with Gasteiger partial charge < -0.3 is 14.8 Å². The standard InChI is InChI=1S/C19H18FN3O3/c1-12-16(11-21-23(12)14-6-4-13(20)5-7-14)19(24)22-17-10-15(25-2)8-9-18(17)26-3/h4-11H,1-3H3,(H,22,24). The number of carbonyl (C=O) groups excluding carboxylic acids is 1. The summed E-state index contributed by atoms with van der Waals surface area (Å²) >= 11 is 0. The van der Waals surface area contributed by atoms with Crippen LogP contribution in [0.4, 0.5) is 10.1 Å². The fourth-order valence-electron chi connectivity index (χ4n) is 2.58. The Labute approximate surface area is 150 Å². The highest BCUT2D eigenvalue weighted by molar-refractivity contribution is 6.05. The molecule has 0 aliphatic rings. The molecule has 0 unspecified atom stereocenters. The van der Waals surface area contributed by atoms with Crippen molar-refractivity contribution in [1.82, 2.24) is 9.78 Å². The molecule has 0 saturated heterocycles. The van der Waals surface area contributed by atoms with Crippen LogP contribution in [0.25, 0.3) is 5.69 Å². The third-order valence-electron chi connectivity index (χ3n) is 3.98. The summed E-state index contributed by atoms with van der Waals surface area (Å²) in [5, 5.41) is 7.04. The van der Waals surface area contributed by atoms with Gasteiger partial charge in [-0.15, -0.1) is 0 Å². The van der Waals surface area contributed by atoms with Gasteiger partial charge in [0.2, 0.25) is 0 Å². The van der Waals surface area contributed by atoms with Gasteiger partial charge in [0.25, 0.3) is 5.91 Å². The molecular formula is C19H18FN3O3. The second kappa shape index (κ2) is 7.26. The number of hydrogen-bond donors (Lipinski definition) is 1.